The SMILES string of the molecule is CCc1c(C(=O)N2CCOC(c3ccc(Cl)cc3)C2)cnn1-c1ccc(F)cc1. The van der Waals surface area contributed by atoms with Crippen LogP contribution in [-0.2, 0) is 11.2 Å². The molecule has 1 aromatic heterocycles. The van der Waals surface area contributed by atoms with Crippen molar-refractivity contribution >= 4 is 17.5 Å². The molecular weight excluding hydrogens is 393 g/mol. The number of benzene rings is 2. The minimum Gasteiger partial charge on any atom is -0.370 e. The summed E-state index contributed by atoms with van der Waals surface area (Å²) < 4.78 is 20.8. The van der Waals surface area contributed by atoms with Crippen molar-refractivity contribution in [3.8, 4) is 5.69 Å². The zero-order valence-electron chi connectivity index (χ0n) is 16.0. The molecule has 4 rings (SSSR count). The van der Waals surface area contributed by atoms with Gasteiger partial charge in [-0.15, -0.1) is 0 Å². The van der Waals surface area contributed by atoms with Gasteiger partial charge >= 0.3 is 0 Å². The maximum absolute atomic E-state index is 13.3. The smallest absolute Gasteiger partial charge is 0.257 e. The summed E-state index contributed by atoms with van der Waals surface area (Å²) in [4.78, 5) is 15.0. The van der Waals surface area contributed by atoms with E-state index in [1.54, 1.807) is 27.9 Å². The molecule has 1 unspecified atom stereocenters. The van der Waals surface area contributed by atoms with E-state index >= 15 is 0 Å². The lowest BCUT2D eigenvalue weighted by molar-refractivity contribution is -0.0228. The van der Waals surface area contributed by atoms with E-state index < -0.39 is 0 Å². The highest BCUT2D eigenvalue weighted by Crippen LogP contribution is 2.26. The molecule has 0 bridgehead atoms. The lowest BCUT2D eigenvalue weighted by Gasteiger charge is -2.33. The first-order valence-electron chi connectivity index (χ1n) is 9.56. The fourth-order valence-corrected chi connectivity index (χ4v) is 3.71. The van der Waals surface area contributed by atoms with Crippen molar-refractivity contribution in [2.24, 2.45) is 0 Å². The van der Waals surface area contributed by atoms with Gasteiger partial charge in [-0.1, -0.05) is 30.7 Å². The maximum atomic E-state index is 13.3. The highest BCUT2D eigenvalue weighted by atomic mass is 35.5. The molecule has 1 amide bonds. The molecule has 0 N–H and O–H groups in total. The minimum atomic E-state index is -0.309. The lowest BCUT2D eigenvalue weighted by Crippen LogP contribution is -2.42. The normalized spacial score (nSPS) is 16.8. The van der Waals surface area contributed by atoms with Gasteiger partial charge in [0.1, 0.15) is 11.9 Å². The molecule has 5 nitrogen and oxygen atoms in total. The van der Waals surface area contributed by atoms with Crippen molar-refractivity contribution in [1.82, 2.24) is 14.7 Å². The average molecular weight is 414 g/mol. The van der Waals surface area contributed by atoms with Crippen LogP contribution in [0.5, 0.6) is 0 Å². The zero-order chi connectivity index (χ0) is 20.4. The van der Waals surface area contributed by atoms with Gasteiger partial charge in [0, 0.05) is 11.6 Å². The summed E-state index contributed by atoms with van der Waals surface area (Å²) in [5.74, 6) is -0.380. The molecule has 2 aromatic carbocycles. The van der Waals surface area contributed by atoms with E-state index in [2.05, 4.69) is 5.10 Å². The molecule has 1 aliphatic rings. The number of hydrogen-bond acceptors (Lipinski definition) is 3. The quantitative estimate of drug-likeness (QED) is 0.635. The minimum absolute atomic E-state index is 0.0718. The van der Waals surface area contributed by atoms with Gasteiger partial charge in [-0.3, -0.25) is 4.79 Å². The predicted molar refractivity (Wildman–Crippen MR) is 109 cm³/mol. The van der Waals surface area contributed by atoms with Gasteiger partial charge in [-0.25, -0.2) is 9.07 Å². The van der Waals surface area contributed by atoms with Crippen LogP contribution in [0.25, 0.3) is 5.69 Å². The van der Waals surface area contributed by atoms with Crippen LogP contribution in [0.15, 0.2) is 54.7 Å². The average Bonchev–Trinajstić information content (AvgIpc) is 3.18. The Kier molecular flexibility index (Phi) is 5.65. The van der Waals surface area contributed by atoms with E-state index in [1.807, 2.05) is 31.2 Å². The molecule has 0 aliphatic carbocycles. The van der Waals surface area contributed by atoms with Gasteiger partial charge < -0.3 is 9.64 Å². The Morgan fingerprint density at radius 3 is 2.62 bits per heavy atom. The summed E-state index contributed by atoms with van der Waals surface area (Å²) in [6.07, 6.45) is 2.03. The van der Waals surface area contributed by atoms with Crippen LogP contribution in [0.4, 0.5) is 4.39 Å². The molecule has 1 fully saturated rings. The number of aromatic nitrogens is 2. The Labute approximate surface area is 173 Å². The third kappa shape index (κ3) is 4.04. The van der Waals surface area contributed by atoms with Crippen LogP contribution in [0, 0.1) is 5.82 Å². The summed E-state index contributed by atoms with van der Waals surface area (Å²) in [6.45, 7) is 3.43. The summed E-state index contributed by atoms with van der Waals surface area (Å²) in [7, 11) is 0. The van der Waals surface area contributed by atoms with E-state index in [-0.39, 0.29) is 17.8 Å². The highest BCUT2D eigenvalue weighted by Gasteiger charge is 2.28. The third-order valence-corrected chi connectivity index (χ3v) is 5.35. The fraction of sp³-hybridized carbons (Fsp3) is 0.273. The van der Waals surface area contributed by atoms with Crippen molar-refractivity contribution in [3.63, 3.8) is 0 Å². The number of rotatable bonds is 4. The number of carbonyl (C=O) groups excluding carboxylic acids is 1. The van der Waals surface area contributed by atoms with Crippen LogP contribution in [-0.4, -0.2) is 40.3 Å². The molecule has 0 spiro atoms. The first-order chi connectivity index (χ1) is 14.1. The van der Waals surface area contributed by atoms with Crippen LogP contribution < -0.4 is 0 Å². The van der Waals surface area contributed by atoms with Gasteiger partial charge in [0.05, 0.1) is 36.3 Å². The number of hydrogen-bond donors (Lipinski definition) is 0. The topological polar surface area (TPSA) is 47.4 Å². The van der Waals surface area contributed by atoms with Crippen LogP contribution in [0.3, 0.4) is 0 Å². The molecule has 1 aliphatic heterocycles. The molecule has 3 aromatic rings. The Balaban J connectivity index is 1.57. The van der Waals surface area contributed by atoms with E-state index in [4.69, 9.17) is 16.3 Å². The number of morpholine rings is 1. The highest BCUT2D eigenvalue weighted by molar-refractivity contribution is 6.30. The van der Waals surface area contributed by atoms with Crippen molar-refractivity contribution in [3.05, 3.63) is 82.4 Å². The van der Waals surface area contributed by atoms with Crippen molar-refractivity contribution in [2.75, 3.05) is 19.7 Å². The van der Waals surface area contributed by atoms with Gasteiger partial charge in [0.2, 0.25) is 0 Å². The molecule has 0 saturated carbocycles. The van der Waals surface area contributed by atoms with Crippen LogP contribution >= 0.6 is 11.6 Å². The first kappa shape index (κ1) is 19.6. The second-order valence-electron chi connectivity index (χ2n) is 6.91. The van der Waals surface area contributed by atoms with Crippen LogP contribution in [0.1, 0.15) is 34.6 Å². The van der Waals surface area contributed by atoms with Gasteiger partial charge in [0.25, 0.3) is 5.91 Å². The molecule has 0 radical (unpaired) electrons. The number of carbonyl (C=O) groups is 1. The monoisotopic (exact) mass is 413 g/mol. The molecule has 29 heavy (non-hydrogen) atoms. The summed E-state index contributed by atoms with van der Waals surface area (Å²) in [5, 5.41) is 5.06. The van der Waals surface area contributed by atoms with Crippen molar-refractivity contribution < 1.29 is 13.9 Å². The molecule has 1 atom stereocenters. The summed E-state index contributed by atoms with van der Waals surface area (Å²) in [6, 6.07) is 13.6. The zero-order valence-corrected chi connectivity index (χ0v) is 16.8. The summed E-state index contributed by atoms with van der Waals surface area (Å²) in [5.41, 5.74) is 3.08. The number of ether oxygens (including phenoxy) is 1. The number of nitrogens with zero attached hydrogens (tertiary/aromatic N) is 3. The molecule has 150 valence electrons. The second kappa shape index (κ2) is 8.35. The molecule has 7 heteroatoms. The Hall–Kier alpha value is -2.70. The lowest BCUT2D eigenvalue weighted by atomic mass is 10.1. The predicted octanol–water partition coefficient (Wildman–Crippen LogP) is 4.44. The van der Waals surface area contributed by atoms with Gasteiger partial charge in [-0.05, 0) is 48.4 Å². The Morgan fingerprint density at radius 2 is 1.93 bits per heavy atom. The standard InChI is InChI=1S/C22H21ClFN3O2/c1-2-20-19(13-25-27(20)18-9-7-17(24)8-10-18)22(28)26-11-12-29-21(14-26)15-3-5-16(23)6-4-15/h3-10,13,21H,2,11-12,14H2,1H3. The Morgan fingerprint density at radius 1 is 1.21 bits per heavy atom. The van der Waals surface area contributed by atoms with Crippen LogP contribution in [0.2, 0.25) is 5.02 Å². The Bertz CT molecular complexity index is 1000. The van der Waals surface area contributed by atoms with Gasteiger partial charge in [-0.2, -0.15) is 5.10 Å². The van der Waals surface area contributed by atoms with Crippen molar-refractivity contribution in [1.29, 1.82) is 0 Å². The van der Waals surface area contributed by atoms with Gasteiger partial charge in [0.15, 0.2) is 0 Å². The maximum Gasteiger partial charge on any atom is 0.257 e. The first-order valence-corrected chi connectivity index (χ1v) is 9.93. The molecule has 1 saturated heterocycles. The second-order valence-corrected chi connectivity index (χ2v) is 7.35. The number of amides is 1. The van der Waals surface area contributed by atoms with Crippen molar-refractivity contribution in [2.45, 2.75) is 19.4 Å². The van der Waals surface area contributed by atoms with E-state index in [0.717, 1.165) is 16.9 Å². The fourth-order valence-electron chi connectivity index (χ4n) is 3.58. The summed E-state index contributed by atoms with van der Waals surface area (Å²) >= 11 is 5.97. The molecular formula is C22H21ClFN3O2. The molecule has 2 heterocycles. The van der Waals surface area contributed by atoms with E-state index in [9.17, 15) is 9.18 Å². The number of halogens is 2. The third-order valence-electron chi connectivity index (χ3n) is 5.10. The largest absolute Gasteiger partial charge is 0.370 e. The van der Waals surface area contributed by atoms with E-state index in [1.165, 1.54) is 12.1 Å². The van der Waals surface area contributed by atoms with E-state index in [0.29, 0.717) is 36.7 Å².